The molecule has 8 nitrogen and oxygen atoms in total. The lowest BCUT2D eigenvalue weighted by Gasteiger charge is -2.31. The normalized spacial score (nSPS) is 11.9. The van der Waals surface area contributed by atoms with E-state index in [-0.39, 0.29) is 18.1 Å². The number of carbonyl (C=O) groups excluding carboxylic acids is 2. The lowest BCUT2D eigenvalue weighted by Crippen LogP contribution is -2.51. The number of nitrogens with one attached hydrogen (secondary N) is 1. The molecule has 1 N–H and O–H groups in total. The van der Waals surface area contributed by atoms with Crippen LogP contribution in [-0.4, -0.2) is 50.5 Å². The van der Waals surface area contributed by atoms with Gasteiger partial charge in [-0.3, -0.25) is 13.9 Å². The van der Waals surface area contributed by atoms with E-state index in [1.807, 2.05) is 30.3 Å². The molecule has 0 aromatic heterocycles. The molecule has 1 unspecified atom stereocenters. The van der Waals surface area contributed by atoms with Crippen molar-refractivity contribution in [3.63, 3.8) is 0 Å². The second-order valence-corrected chi connectivity index (χ2v) is 11.6. The average Bonchev–Trinajstić information content (AvgIpc) is 2.90. The Hall–Kier alpha value is -3.27. The SMILES string of the molecule is CCNC(=O)C(C)N(Cc1c(Cl)cccc1Cl)C(=O)CN(c1ccc(OCc2ccccc2)cc1)S(C)(=O)=O. The summed E-state index contributed by atoms with van der Waals surface area (Å²) in [6.07, 6.45) is 1.02. The van der Waals surface area contributed by atoms with Crippen LogP contribution in [0.25, 0.3) is 0 Å². The molecular formula is C28H31Cl2N3O5S. The summed E-state index contributed by atoms with van der Waals surface area (Å²) >= 11 is 12.7. The van der Waals surface area contributed by atoms with Crippen molar-refractivity contribution in [3.05, 3.63) is 94.0 Å². The van der Waals surface area contributed by atoms with Gasteiger partial charge in [0.2, 0.25) is 21.8 Å². The fraction of sp³-hybridized carbons (Fsp3) is 0.286. The zero-order valence-corrected chi connectivity index (χ0v) is 24.3. The number of benzene rings is 3. The molecule has 1 atom stereocenters. The third-order valence-electron chi connectivity index (χ3n) is 5.96. The second-order valence-electron chi connectivity index (χ2n) is 8.83. The van der Waals surface area contributed by atoms with E-state index in [2.05, 4.69) is 5.32 Å². The van der Waals surface area contributed by atoms with E-state index in [9.17, 15) is 18.0 Å². The molecule has 3 rings (SSSR count). The molecular weight excluding hydrogens is 561 g/mol. The maximum atomic E-state index is 13.6. The maximum Gasteiger partial charge on any atom is 0.244 e. The van der Waals surface area contributed by atoms with Gasteiger partial charge in [-0.1, -0.05) is 59.6 Å². The monoisotopic (exact) mass is 591 g/mol. The van der Waals surface area contributed by atoms with Crippen LogP contribution in [0.4, 0.5) is 5.69 Å². The van der Waals surface area contributed by atoms with Crippen molar-refractivity contribution < 1.29 is 22.7 Å². The van der Waals surface area contributed by atoms with Crippen LogP contribution in [-0.2, 0) is 32.8 Å². The molecule has 0 aliphatic rings. The van der Waals surface area contributed by atoms with Crippen LogP contribution in [0.5, 0.6) is 5.75 Å². The molecule has 0 saturated carbocycles. The number of carbonyl (C=O) groups is 2. The zero-order valence-electron chi connectivity index (χ0n) is 21.9. The third-order valence-corrected chi connectivity index (χ3v) is 7.81. The summed E-state index contributed by atoms with van der Waals surface area (Å²) in [5, 5.41) is 3.35. The Labute approximate surface area is 239 Å². The Morgan fingerprint density at radius 2 is 1.56 bits per heavy atom. The van der Waals surface area contributed by atoms with E-state index < -0.39 is 28.5 Å². The fourth-order valence-electron chi connectivity index (χ4n) is 3.82. The minimum absolute atomic E-state index is 0.0838. The van der Waals surface area contributed by atoms with Crippen LogP contribution in [0.15, 0.2) is 72.8 Å². The summed E-state index contributed by atoms with van der Waals surface area (Å²) in [7, 11) is -3.87. The predicted molar refractivity (Wildman–Crippen MR) is 155 cm³/mol. The topological polar surface area (TPSA) is 96.0 Å². The number of sulfonamides is 1. The van der Waals surface area contributed by atoms with Gasteiger partial charge in [-0.05, 0) is 55.8 Å². The van der Waals surface area contributed by atoms with E-state index in [1.54, 1.807) is 56.3 Å². The van der Waals surface area contributed by atoms with Crippen LogP contribution in [0.1, 0.15) is 25.0 Å². The van der Waals surface area contributed by atoms with E-state index in [1.165, 1.54) is 4.90 Å². The quantitative estimate of drug-likeness (QED) is 0.323. The second kappa shape index (κ2) is 13.7. The number of rotatable bonds is 12. The van der Waals surface area contributed by atoms with E-state index in [0.717, 1.165) is 16.1 Å². The van der Waals surface area contributed by atoms with Gasteiger partial charge >= 0.3 is 0 Å². The number of nitrogens with zero attached hydrogens (tertiary/aromatic N) is 2. The molecule has 0 aliphatic heterocycles. The van der Waals surface area contributed by atoms with Gasteiger partial charge < -0.3 is 15.0 Å². The van der Waals surface area contributed by atoms with Crippen molar-refractivity contribution in [1.29, 1.82) is 0 Å². The number of anilines is 1. The van der Waals surface area contributed by atoms with E-state index in [4.69, 9.17) is 27.9 Å². The first-order chi connectivity index (χ1) is 18.5. The predicted octanol–water partition coefficient (Wildman–Crippen LogP) is 4.89. The molecule has 208 valence electrons. The van der Waals surface area contributed by atoms with Crippen LogP contribution < -0.4 is 14.4 Å². The van der Waals surface area contributed by atoms with Crippen molar-refractivity contribution in [2.24, 2.45) is 0 Å². The minimum Gasteiger partial charge on any atom is -0.489 e. The van der Waals surface area contributed by atoms with Crippen molar-refractivity contribution in [2.75, 3.05) is 23.7 Å². The summed E-state index contributed by atoms with van der Waals surface area (Å²) in [4.78, 5) is 27.6. The van der Waals surface area contributed by atoms with Gasteiger partial charge in [-0.25, -0.2) is 8.42 Å². The molecule has 0 aliphatic carbocycles. The molecule has 11 heteroatoms. The van der Waals surface area contributed by atoms with Crippen molar-refractivity contribution >= 4 is 50.7 Å². The lowest BCUT2D eigenvalue weighted by molar-refractivity contribution is -0.139. The molecule has 0 bridgehead atoms. The van der Waals surface area contributed by atoms with Gasteiger partial charge in [0.05, 0.1) is 11.9 Å². The van der Waals surface area contributed by atoms with Gasteiger partial charge in [-0.15, -0.1) is 0 Å². The van der Waals surface area contributed by atoms with Crippen LogP contribution in [0, 0.1) is 0 Å². The summed E-state index contributed by atoms with van der Waals surface area (Å²) in [5.74, 6) is -0.443. The molecule has 0 fully saturated rings. The van der Waals surface area contributed by atoms with Crippen LogP contribution in [0.2, 0.25) is 10.0 Å². The number of likely N-dealkylation sites (N-methyl/N-ethyl adjacent to an activating group) is 1. The highest BCUT2D eigenvalue weighted by atomic mass is 35.5. The van der Waals surface area contributed by atoms with Crippen LogP contribution in [0.3, 0.4) is 0 Å². The highest BCUT2D eigenvalue weighted by Gasteiger charge is 2.30. The van der Waals surface area contributed by atoms with Gasteiger partial charge in [-0.2, -0.15) is 0 Å². The average molecular weight is 593 g/mol. The van der Waals surface area contributed by atoms with Crippen molar-refractivity contribution in [1.82, 2.24) is 10.2 Å². The van der Waals surface area contributed by atoms with Crippen molar-refractivity contribution in [2.45, 2.75) is 33.0 Å². The maximum absolute atomic E-state index is 13.6. The summed E-state index contributed by atoms with van der Waals surface area (Å²) in [6.45, 7) is 3.43. The minimum atomic E-state index is -3.87. The molecule has 3 aromatic rings. The Morgan fingerprint density at radius 3 is 2.13 bits per heavy atom. The summed E-state index contributed by atoms with van der Waals surface area (Å²) in [6, 6.07) is 20.1. The molecule has 0 radical (unpaired) electrons. The first-order valence-electron chi connectivity index (χ1n) is 12.3. The van der Waals surface area contributed by atoms with Crippen molar-refractivity contribution in [3.8, 4) is 5.75 Å². The number of amides is 2. The van der Waals surface area contributed by atoms with Gasteiger partial charge in [0.15, 0.2) is 0 Å². The highest BCUT2D eigenvalue weighted by molar-refractivity contribution is 7.92. The fourth-order valence-corrected chi connectivity index (χ4v) is 5.19. The Morgan fingerprint density at radius 1 is 0.949 bits per heavy atom. The number of halogens is 2. The summed E-state index contributed by atoms with van der Waals surface area (Å²) in [5.41, 5.74) is 1.72. The first-order valence-corrected chi connectivity index (χ1v) is 14.9. The Kier molecular flexibility index (Phi) is 10.6. The molecule has 2 amide bonds. The first kappa shape index (κ1) is 30.3. The zero-order chi connectivity index (χ0) is 28.6. The molecule has 39 heavy (non-hydrogen) atoms. The molecule has 3 aromatic carbocycles. The lowest BCUT2D eigenvalue weighted by atomic mass is 10.1. The third kappa shape index (κ3) is 8.36. The Balaban J connectivity index is 1.85. The van der Waals surface area contributed by atoms with Gasteiger partial charge in [0.1, 0.15) is 24.9 Å². The highest BCUT2D eigenvalue weighted by Crippen LogP contribution is 2.27. The van der Waals surface area contributed by atoms with Crippen LogP contribution >= 0.6 is 23.2 Å². The smallest absolute Gasteiger partial charge is 0.244 e. The molecule has 0 spiro atoms. The Bertz CT molecular complexity index is 1370. The largest absolute Gasteiger partial charge is 0.489 e. The van der Waals surface area contributed by atoms with Gasteiger partial charge in [0.25, 0.3) is 0 Å². The van der Waals surface area contributed by atoms with E-state index >= 15 is 0 Å². The van der Waals surface area contributed by atoms with Gasteiger partial charge in [0, 0.05) is 28.7 Å². The number of ether oxygens (including phenoxy) is 1. The number of hydrogen-bond donors (Lipinski definition) is 1. The summed E-state index contributed by atoms with van der Waals surface area (Å²) < 4.78 is 32.3. The molecule has 0 saturated heterocycles. The van der Waals surface area contributed by atoms with E-state index in [0.29, 0.717) is 34.5 Å². The standard InChI is InChI=1S/C28H31Cl2N3O5S/c1-4-31-28(35)20(2)32(17-24-25(29)11-8-12-26(24)30)27(34)18-33(39(3,36)37)22-13-15-23(16-14-22)38-19-21-9-6-5-7-10-21/h5-16,20H,4,17-19H2,1-3H3,(H,31,35). The number of hydrogen-bond acceptors (Lipinski definition) is 5. The molecule has 0 heterocycles.